The second-order valence-electron chi connectivity index (χ2n) is 6.82. The molecule has 30 heavy (non-hydrogen) atoms. The fraction of sp³-hybridized carbons (Fsp3) is 0.130. The van der Waals surface area contributed by atoms with Crippen LogP contribution in [0.1, 0.15) is 28.8 Å². The van der Waals surface area contributed by atoms with Crippen molar-refractivity contribution >= 4 is 45.9 Å². The second-order valence-corrected chi connectivity index (χ2v) is 8.65. The van der Waals surface area contributed by atoms with Gasteiger partial charge < -0.3 is 10.4 Å². The van der Waals surface area contributed by atoms with E-state index in [-0.39, 0.29) is 33.8 Å². The molecule has 152 valence electrons. The molecule has 1 heterocycles. The number of aromatic hydroxyl groups is 1. The standard InChI is InChI=1S/C23H18Cl2N2O2S/c24-17-11-16(12-18(25)21(17)28)19-13-30-23(26-19)22(29)27-20(14-7-3-1-4-8-14)15-9-5-2-6-10-15/h1-12,19-20,28H,13H2,(H,27,29). The van der Waals surface area contributed by atoms with Gasteiger partial charge in [-0.25, -0.2) is 0 Å². The number of carbonyl (C=O) groups is 1. The summed E-state index contributed by atoms with van der Waals surface area (Å²) in [5, 5.41) is 13.6. The zero-order valence-electron chi connectivity index (χ0n) is 15.8. The van der Waals surface area contributed by atoms with Crippen molar-refractivity contribution in [2.75, 3.05) is 5.75 Å². The lowest BCUT2D eigenvalue weighted by atomic mass is 9.99. The number of halogens is 2. The van der Waals surface area contributed by atoms with E-state index < -0.39 is 0 Å². The van der Waals surface area contributed by atoms with Crippen LogP contribution in [0.2, 0.25) is 10.0 Å². The smallest absolute Gasteiger partial charge is 0.276 e. The third-order valence-corrected chi connectivity index (χ3v) is 6.43. The van der Waals surface area contributed by atoms with Crippen LogP contribution in [0.5, 0.6) is 5.75 Å². The Labute approximate surface area is 188 Å². The molecule has 0 saturated heterocycles. The number of carbonyl (C=O) groups excluding carboxylic acids is 1. The lowest BCUT2D eigenvalue weighted by Crippen LogP contribution is -2.33. The number of rotatable bonds is 5. The van der Waals surface area contributed by atoms with E-state index in [0.29, 0.717) is 10.8 Å². The van der Waals surface area contributed by atoms with Crippen LogP contribution in [0, 0.1) is 0 Å². The molecule has 2 N–H and O–H groups in total. The van der Waals surface area contributed by atoms with Crippen molar-refractivity contribution in [2.24, 2.45) is 4.99 Å². The monoisotopic (exact) mass is 456 g/mol. The highest BCUT2D eigenvalue weighted by Crippen LogP contribution is 2.38. The van der Waals surface area contributed by atoms with E-state index in [1.165, 1.54) is 11.8 Å². The Kier molecular flexibility index (Phi) is 6.32. The first-order valence-corrected chi connectivity index (χ1v) is 11.1. The summed E-state index contributed by atoms with van der Waals surface area (Å²) < 4.78 is 0. The van der Waals surface area contributed by atoms with Crippen LogP contribution in [-0.4, -0.2) is 21.8 Å². The predicted molar refractivity (Wildman–Crippen MR) is 124 cm³/mol. The number of amides is 1. The molecule has 0 radical (unpaired) electrons. The van der Waals surface area contributed by atoms with E-state index in [9.17, 15) is 9.90 Å². The van der Waals surface area contributed by atoms with Crippen LogP contribution >= 0.6 is 35.0 Å². The number of nitrogens with one attached hydrogen (secondary N) is 1. The summed E-state index contributed by atoms with van der Waals surface area (Å²) in [6.07, 6.45) is 0. The van der Waals surface area contributed by atoms with Gasteiger partial charge in [0.1, 0.15) is 0 Å². The molecule has 0 bridgehead atoms. The van der Waals surface area contributed by atoms with Crippen molar-refractivity contribution in [3.8, 4) is 5.75 Å². The Hall–Kier alpha value is -2.47. The SMILES string of the molecule is O=C(NC(c1ccccc1)c1ccccc1)C1=NC(c2cc(Cl)c(O)c(Cl)c2)CS1. The molecule has 1 atom stereocenters. The fourth-order valence-electron chi connectivity index (χ4n) is 3.29. The lowest BCUT2D eigenvalue weighted by molar-refractivity contribution is -0.115. The summed E-state index contributed by atoms with van der Waals surface area (Å²) >= 11 is 13.5. The summed E-state index contributed by atoms with van der Waals surface area (Å²) in [5.74, 6) is 0.223. The van der Waals surface area contributed by atoms with Gasteiger partial charge in [0.15, 0.2) is 10.8 Å². The van der Waals surface area contributed by atoms with Crippen LogP contribution in [0.25, 0.3) is 0 Å². The summed E-state index contributed by atoms with van der Waals surface area (Å²) in [6, 6.07) is 22.4. The highest BCUT2D eigenvalue weighted by Gasteiger charge is 2.27. The Balaban J connectivity index is 1.57. The van der Waals surface area contributed by atoms with Gasteiger partial charge in [0.25, 0.3) is 5.91 Å². The Morgan fingerprint density at radius 3 is 2.07 bits per heavy atom. The van der Waals surface area contributed by atoms with Crippen LogP contribution in [-0.2, 0) is 4.79 Å². The largest absolute Gasteiger partial charge is 0.505 e. The van der Waals surface area contributed by atoms with Gasteiger partial charge in [-0.2, -0.15) is 0 Å². The van der Waals surface area contributed by atoms with E-state index >= 15 is 0 Å². The van der Waals surface area contributed by atoms with Gasteiger partial charge in [-0.1, -0.05) is 95.6 Å². The average Bonchev–Trinajstić information content (AvgIpc) is 3.27. The summed E-state index contributed by atoms with van der Waals surface area (Å²) in [4.78, 5) is 17.6. The molecule has 4 nitrogen and oxygen atoms in total. The van der Waals surface area contributed by atoms with Crippen LogP contribution in [0.3, 0.4) is 0 Å². The summed E-state index contributed by atoms with van der Waals surface area (Å²) in [7, 11) is 0. The first-order valence-electron chi connectivity index (χ1n) is 9.32. The Morgan fingerprint density at radius 2 is 1.53 bits per heavy atom. The molecule has 0 fully saturated rings. The third kappa shape index (κ3) is 4.48. The number of aliphatic imine (C=N–C) groups is 1. The topological polar surface area (TPSA) is 61.7 Å². The van der Waals surface area contributed by atoms with Gasteiger partial charge in [-0.3, -0.25) is 9.79 Å². The first kappa shape index (κ1) is 20.8. The van der Waals surface area contributed by atoms with Crippen LogP contribution < -0.4 is 5.32 Å². The molecule has 3 aromatic carbocycles. The summed E-state index contributed by atoms with van der Waals surface area (Å²) in [6.45, 7) is 0. The second kappa shape index (κ2) is 9.13. The van der Waals surface area contributed by atoms with Gasteiger partial charge in [0.2, 0.25) is 0 Å². The van der Waals surface area contributed by atoms with Crippen molar-refractivity contribution in [2.45, 2.75) is 12.1 Å². The minimum Gasteiger partial charge on any atom is -0.505 e. The lowest BCUT2D eigenvalue weighted by Gasteiger charge is -2.19. The molecule has 1 unspecified atom stereocenters. The third-order valence-electron chi connectivity index (χ3n) is 4.81. The van der Waals surface area contributed by atoms with Crippen molar-refractivity contribution in [3.63, 3.8) is 0 Å². The predicted octanol–water partition coefficient (Wildman–Crippen LogP) is 5.79. The van der Waals surface area contributed by atoms with E-state index in [1.807, 2.05) is 60.7 Å². The maximum Gasteiger partial charge on any atom is 0.276 e. The number of hydrogen-bond acceptors (Lipinski definition) is 4. The molecular weight excluding hydrogens is 439 g/mol. The quantitative estimate of drug-likeness (QED) is 0.510. The molecule has 1 aliphatic heterocycles. The fourth-order valence-corrected chi connectivity index (χ4v) is 4.77. The van der Waals surface area contributed by atoms with Crippen molar-refractivity contribution in [1.82, 2.24) is 5.32 Å². The van der Waals surface area contributed by atoms with E-state index in [4.69, 9.17) is 23.2 Å². The van der Waals surface area contributed by atoms with Crippen molar-refractivity contribution in [1.29, 1.82) is 0 Å². The molecule has 1 amide bonds. The van der Waals surface area contributed by atoms with Crippen molar-refractivity contribution < 1.29 is 9.90 Å². The van der Waals surface area contributed by atoms with Gasteiger partial charge >= 0.3 is 0 Å². The number of hydrogen-bond donors (Lipinski definition) is 2. The van der Waals surface area contributed by atoms with E-state index in [2.05, 4.69) is 10.3 Å². The number of thioether (sulfide) groups is 1. The minimum atomic E-state index is -0.278. The number of phenolic OH excluding ortho intramolecular Hbond substituents is 1. The van der Waals surface area contributed by atoms with Gasteiger partial charge in [0, 0.05) is 5.75 Å². The molecule has 0 saturated carbocycles. The molecule has 3 aromatic rings. The maximum absolute atomic E-state index is 13.0. The zero-order chi connectivity index (χ0) is 21.1. The van der Waals surface area contributed by atoms with Crippen LogP contribution in [0.15, 0.2) is 77.8 Å². The van der Waals surface area contributed by atoms with Crippen molar-refractivity contribution in [3.05, 3.63) is 99.5 Å². The number of benzene rings is 3. The molecule has 1 aliphatic rings. The summed E-state index contributed by atoms with van der Waals surface area (Å²) in [5.41, 5.74) is 2.75. The molecule has 0 spiro atoms. The zero-order valence-corrected chi connectivity index (χ0v) is 18.1. The Morgan fingerprint density at radius 1 is 1.00 bits per heavy atom. The molecular formula is C23H18Cl2N2O2S. The van der Waals surface area contributed by atoms with E-state index in [1.54, 1.807) is 12.1 Å². The van der Waals surface area contributed by atoms with Crippen LogP contribution in [0.4, 0.5) is 0 Å². The van der Waals surface area contributed by atoms with E-state index in [0.717, 1.165) is 16.7 Å². The average molecular weight is 457 g/mol. The van der Waals surface area contributed by atoms with Gasteiger partial charge in [-0.15, -0.1) is 0 Å². The Bertz CT molecular complexity index is 1030. The molecule has 0 aliphatic carbocycles. The first-order chi connectivity index (χ1) is 14.5. The highest BCUT2D eigenvalue weighted by molar-refractivity contribution is 8.16. The number of nitrogens with zero attached hydrogens (tertiary/aromatic N) is 1. The molecule has 7 heteroatoms. The van der Waals surface area contributed by atoms with Gasteiger partial charge in [-0.05, 0) is 28.8 Å². The molecule has 4 rings (SSSR count). The minimum absolute atomic E-state index is 0.150. The number of phenols is 1. The molecule has 0 aromatic heterocycles. The highest BCUT2D eigenvalue weighted by atomic mass is 35.5. The maximum atomic E-state index is 13.0. The van der Waals surface area contributed by atoms with Gasteiger partial charge in [0.05, 0.1) is 22.1 Å². The normalized spacial score (nSPS) is 15.8.